The fourth-order valence-electron chi connectivity index (χ4n) is 3.13. The molecule has 0 aromatic rings. The molecule has 88 valence electrons. The van der Waals surface area contributed by atoms with Gasteiger partial charge in [-0.25, -0.2) is 0 Å². The molecule has 0 heterocycles. The quantitative estimate of drug-likeness (QED) is 0.749. The highest BCUT2D eigenvalue weighted by Crippen LogP contribution is 2.33. The van der Waals surface area contributed by atoms with Crippen molar-refractivity contribution in [3.05, 3.63) is 0 Å². The van der Waals surface area contributed by atoms with E-state index in [0.29, 0.717) is 0 Å². The maximum Gasteiger partial charge on any atom is 0.0252 e. The first-order chi connectivity index (χ1) is 7.36. The lowest BCUT2D eigenvalue weighted by Crippen LogP contribution is -2.51. The van der Waals surface area contributed by atoms with Crippen LogP contribution in [0.3, 0.4) is 0 Å². The molecule has 0 aromatic heterocycles. The smallest absolute Gasteiger partial charge is 0.0252 e. The molecule has 0 aromatic carbocycles. The van der Waals surface area contributed by atoms with Gasteiger partial charge in [0.05, 0.1) is 0 Å². The van der Waals surface area contributed by atoms with Crippen molar-refractivity contribution in [2.45, 2.75) is 70.0 Å². The van der Waals surface area contributed by atoms with E-state index in [1.54, 1.807) is 0 Å². The molecular weight excluding hydrogens is 184 g/mol. The Morgan fingerprint density at radius 3 is 2.47 bits per heavy atom. The van der Waals surface area contributed by atoms with Crippen LogP contribution in [0.4, 0.5) is 0 Å². The summed E-state index contributed by atoms with van der Waals surface area (Å²) < 4.78 is 0. The summed E-state index contributed by atoms with van der Waals surface area (Å²) in [5.41, 5.74) is 0. The van der Waals surface area contributed by atoms with E-state index in [1.807, 2.05) is 0 Å². The summed E-state index contributed by atoms with van der Waals surface area (Å²) in [4.78, 5) is 2.81. The van der Waals surface area contributed by atoms with Crippen LogP contribution < -0.4 is 5.32 Å². The predicted molar refractivity (Wildman–Crippen MR) is 65.1 cm³/mol. The second kappa shape index (κ2) is 5.31. The summed E-state index contributed by atoms with van der Waals surface area (Å²) in [6.45, 7) is 3.63. The molecule has 15 heavy (non-hydrogen) atoms. The molecular formula is C13H26N2. The van der Waals surface area contributed by atoms with Crippen LogP contribution in [0.15, 0.2) is 0 Å². The molecule has 2 fully saturated rings. The van der Waals surface area contributed by atoms with E-state index in [1.165, 1.54) is 51.5 Å². The average molecular weight is 210 g/mol. The molecule has 0 saturated heterocycles. The van der Waals surface area contributed by atoms with E-state index >= 15 is 0 Å². The molecule has 0 aliphatic heterocycles. The van der Waals surface area contributed by atoms with Crippen LogP contribution in [0.2, 0.25) is 0 Å². The van der Waals surface area contributed by atoms with Crippen molar-refractivity contribution in [3.8, 4) is 0 Å². The van der Waals surface area contributed by atoms with Gasteiger partial charge in [-0.3, -0.25) is 4.90 Å². The molecule has 2 rings (SSSR count). The summed E-state index contributed by atoms with van der Waals surface area (Å²) in [6.07, 6.45) is 9.88. The lowest BCUT2D eigenvalue weighted by molar-refractivity contribution is 0.117. The third-order valence-corrected chi connectivity index (χ3v) is 4.02. The van der Waals surface area contributed by atoms with Gasteiger partial charge in [-0.1, -0.05) is 19.8 Å². The summed E-state index contributed by atoms with van der Waals surface area (Å²) in [7, 11) is 2.14. The molecule has 2 nitrogen and oxygen atoms in total. The largest absolute Gasteiger partial charge is 0.315 e. The van der Waals surface area contributed by atoms with Gasteiger partial charge >= 0.3 is 0 Å². The first-order valence-corrected chi connectivity index (χ1v) is 6.79. The van der Waals surface area contributed by atoms with E-state index in [0.717, 1.165) is 18.1 Å². The summed E-state index contributed by atoms with van der Waals surface area (Å²) >= 11 is 0. The van der Waals surface area contributed by atoms with Crippen molar-refractivity contribution < 1.29 is 0 Å². The van der Waals surface area contributed by atoms with Crippen LogP contribution in [0.1, 0.15) is 51.9 Å². The van der Waals surface area contributed by atoms with Gasteiger partial charge in [0, 0.05) is 18.1 Å². The Bertz CT molecular complexity index is 189. The van der Waals surface area contributed by atoms with Crippen LogP contribution >= 0.6 is 0 Å². The molecule has 0 amide bonds. The van der Waals surface area contributed by atoms with Gasteiger partial charge < -0.3 is 5.32 Å². The SMILES string of the molecule is CCCN(C1CC1)C1CCCCC1NC. The third-order valence-electron chi connectivity index (χ3n) is 4.02. The monoisotopic (exact) mass is 210 g/mol. The maximum absolute atomic E-state index is 3.53. The standard InChI is InChI=1S/C13H26N2/c1-3-10-15(11-8-9-11)13-7-5-4-6-12(13)14-2/h11-14H,3-10H2,1-2H3. The zero-order chi connectivity index (χ0) is 10.7. The molecule has 2 saturated carbocycles. The fourth-order valence-corrected chi connectivity index (χ4v) is 3.13. The van der Waals surface area contributed by atoms with Crippen molar-refractivity contribution >= 4 is 0 Å². The predicted octanol–water partition coefficient (Wildman–Crippen LogP) is 2.39. The Labute approximate surface area is 94.4 Å². The molecule has 0 radical (unpaired) electrons. The van der Waals surface area contributed by atoms with Crippen LogP contribution in [0.5, 0.6) is 0 Å². The van der Waals surface area contributed by atoms with E-state index in [-0.39, 0.29) is 0 Å². The van der Waals surface area contributed by atoms with Gasteiger partial charge in [0.2, 0.25) is 0 Å². The maximum atomic E-state index is 3.53. The molecule has 2 unspecified atom stereocenters. The van der Waals surface area contributed by atoms with E-state index in [9.17, 15) is 0 Å². The minimum absolute atomic E-state index is 0.755. The van der Waals surface area contributed by atoms with Crippen LogP contribution in [-0.2, 0) is 0 Å². The summed E-state index contributed by atoms with van der Waals surface area (Å²) in [6, 6.07) is 2.52. The van der Waals surface area contributed by atoms with Crippen molar-refractivity contribution in [2.24, 2.45) is 0 Å². The van der Waals surface area contributed by atoms with Crippen LogP contribution in [0, 0.1) is 0 Å². The number of likely N-dealkylation sites (N-methyl/N-ethyl adjacent to an activating group) is 1. The first kappa shape index (κ1) is 11.4. The molecule has 1 N–H and O–H groups in total. The summed E-state index contributed by atoms with van der Waals surface area (Å²) in [5, 5.41) is 3.53. The molecule has 2 heteroatoms. The third kappa shape index (κ3) is 2.73. The Kier molecular flexibility index (Phi) is 4.04. The number of nitrogens with one attached hydrogen (secondary N) is 1. The van der Waals surface area contributed by atoms with Crippen molar-refractivity contribution in [1.82, 2.24) is 10.2 Å². The molecule has 0 bridgehead atoms. The highest BCUT2D eigenvalue weighted by molar-refractivity contribution is 4.94. The Balaban J connectivity index is 1.96. The average Bonchev–Trinajstić information content (AvgIpc) is 3.10. The topological polar surface area (TPSA) is 15.3 Å². The zero-order valence-corrected chi connectivity index (χ0v) is 10.3. The minimum Gasteiger partial charge on any atom is -0.315 e. The Hall–Kier alpha value is -0.0800. The summed E-state index contributed by atoms with van der Waals surface area (Å²) in [5.74, 6) is 0. The van der Waals surface area contributed by atoms with Gasteiger partial charge in [0.1, 0.15) is 0 Å². The lowest BCUT2D eigenvalue weighted by Gasteiger charge is -2.40. The zero-order valence-electron chi connectivity index (χ0n) is 10.3. The molecule has 2 atom stereocenters. The number of hydrogen-bond donors (Lipinski definition) is 1. The first-order valence-electron chi connectivity index (χ1n) is 6.79. The second-order valence-corrected chi connectivity index (χ2v) is 5.22. The molecule has 2 aliphatic carbocycles. The van der Waals surface area contributed by atoms with E-state index in [4.69, 9.17) is 0 Å². The van der Waals surface area contributed by atoms with E-state index in [2.05, 4.69) is 24.2 Å². The number of hydrogen-bond acceptors (Lipinski definition) is 2. The van der Waals surface area contributed by atoms with E-state index < -0.39 is 0 Å². The minimum atomic E-state index is 0.755. The number of nitrogens with zero attached hydrogens (tertiary/aromatic N) is 1. The van der Waals surface area contributed by atoms with Crippen LogP contribution in [-0.4, -0.2) is 36.6 Å². The Morgan fingerprint density at radius 1 is 1.13 bits per heavy atom. The van der Waals surface area contributed by atoms with Crippen molar-refractivity contribution in [1.29, 1.82) is 0 Å². The van der Waals surface area contributed by atoms with Gasteiger partial charge in [-0.2, -0.15) is 0 Å². The molecule has 2 aliphatic rings. The number of rotatable bonds is 5. The highest BCUT2D eigenvalue weighted by atomic mass is 15.2. The van der Waals surface area contributed by atoms with Crippen LogP contribution in [0.25, 0.3) is 0 Å². The second-order valence-electron chi connectivity index (χ2n) is 5.22. The molecule has 0 spiro atoms. The van der Waals surface area contributed by atoms with Gasteiger partial charge in [0.25, 0.3) is 0 Å². The lowest BCUT2D eigenvalue weighted by atomic mass is 9.89. The highest BCUT2D eigenvalue weighted by Gasteiger charge is 2.37. The Morgan fingerprint density at radius 2 is 1.87 bits per heavy atom. The van der Waals surface area contributed by atoms with Crippen molar-refractivity contribution in [3.63, 3.8) is 0 Å². The van der Waals surface area contributed by atoms with Gasteiger partial charge in [-0.05, 0) is 45.7 Å². The normalized spacial score (nSPS) is 32.2. The van der Waals surface area contributed by atoms with Gasteiger partial charge in [0.15, 0.2) is 0 Å². The van der Waals surface area contributed by atoms with Gasteiger partial charge in [-0.15, -0.1) is 0 Å². The van der Waals surface area contributed by atoms with Crippen molar-refractivity contribution in [2.75, 3.05) is 13.6 Å². The fraction of sp³-hybridized carbons (Fsp3) is 1.00.